The highest BCUT2D eigenvalue weighted by Crippen LogP contribution is 2.28. The molecule has 2 aliphatic rings. The normalized spacial score (nSPS) is 18.4. The minimum absolute atomic E-state index is 0.0631. The second kappa shape index (κ2) is 10.1. The highest BCUT2D eigenvalue weighted by Gasteiger charge is 2.31. The lowest BCUT2D eigenvalue weighted by Crippen LogP contribution is -2.54. The van der Waals surface area contributed by atoms with Gasteiger partial charge in [-0.05, 0) is 31.2 Å². The van der Waals surface area contributed by atoms with E-state index in [9.17, 15) is 13.2 Å². The molecule has 0 bridgehead atoms. The van der Waals surface area contributed by atoms with Gasteiger partial charge in [0.15, 0.2) is 0 Å². The minimum Gasteiger partial charge on any atom is -0.495 e. The van der Waals surface area contributed by atoms with Crippen LogP contribution in [0.2, 0.25) is 0 Å². The highest BCUT2D eigenvalue weighted by molar-refractivity contribution is 7.89. The molecule has 2 aromatic rings. The predicted molar refractivity (Wildman–Crippen MR) is 128 cm³/mol. The number of hydrogen-bond acceptors (Lipinski definition) is 6. The molecule has 0 aliphatic carbocycles. The standard InChI is InChI=1S/C24H32N4O4S/c1-20-7-9-21(10-8-20)33(30,31)28-17-15-27(16-18-28)24(29)19-25-11-13-26(14-12-25)22-5-3-4-6-23(22)32-2/h3-10H,11-19H2,1-2H3. The number of methoxy groups -OCH3 is 1. The van der Waals surface area contributed by atoms with Gasteiger partial charge in [0.1, 0.15) is 5.75 Å². The van der Waals surface area contributed by atoms with Crippen LogP contribution in [0.3, 0.4) is 0 Å². The van der Waals surface area contributed by atoms with Crippen molar-refractivity contribution < 1.29 is 17.9 Å². The Hall–Kier alpha value is -2.62. The van der Waals surface area contributed by atoms with E-state index >= 15 is 0 Å². The van der Waals surface area contributed by atoms with Crippen molar-refractivity contribution in [2.75, 3.05) is 70.9 Å². The molecular weight excluding hydrogens is 440 g/mol. The number of ether oxygens (including phenoxy) is 1. The van der Waals surface area contributed by atoms with Crippen LogP contribution in [-0.4, -0.2) is 94.4 Å². The number of piperazine rings is 2. The van der Waals surface area contributed by atoms with Crippen molar-refractivity contribution in [1.82, 2.24) is 14.1 Å². The van der Waals surface area contributed by atoms with E-state index in [1.165, 1.54) is 4.31 Å². The first-order valence-electron chi connectivity index (χ1n) is 11.3. The Bertz CT molecular complexity index is 1060. The van der Waals surface area contributed by atoms with Crippen LogP contribution in [0.4, 0.5) is 5.69 Å². The van der Waals surface area contributed by atoms with Gasteiger partial charge in [0.2, 0.25) is 15.9 Å². The van der Waals surface area contributed by atoms with Crippen molar-refractivity contribution in [3.8, 4) is 5.75 Å². The molecule has 2 fully saturated rings. The predicted octanol–water partition coefficient (Wildman–Crippen LogP) is 1.66. The molecule has 2 heterocycles. The van der Waals surface area contributed by atoms with Crippen LogP contribution in [0.5, 0.6) is 5.75 Å². The maximum absolute atomic E-state index is 12.9. The fraction of sp³-hybridized carbons (Fsp3) is 0.458. The summed E-state index contributed by atoms with van der Waals surface area (Å²) in [5.41, 5.74) is 2.10. The van der Waals surface area contributed by atoms with Gasteiger partial charge in [0, 0.05) is 52.4 Å². The number of carbonyl (C=O) groups is 1. The van der Waals surface area contributed by atoms with E-state index in [2.05, 4.69) is 15.9 Å². The average Bonchev–Trinajstić information content (AvgIpc) is 2.85. The molecule has 178 valence electrons. The quantitative estimate of drug-likeness (QED) is 0.637. The second-order valence-corrected chi connectivity index (χ2v) is 10.5. The third kappa shape index (κ3) is 5.31. The Morgan fingerprint density at radius 2 is 1.52 bits per heavy atom. The molecule has 0 spiro atoms. The molecule has 33 heavy (non-hydrogen) atoms. The monoisotopic (exact) mass is 472 g/mol. The summed E-state index contributed by atoms with van der Waals surface area (Å²) in [7, 11) is -1.84. The van der Waals surface area contributed by atoms with Gasteiger partial charge in [0.05, 0.1) is 24.2 Å². The molecule has 0 atom stereocenters. The molecule has 0 aromatic heterocycles. The van der Waals surface area contributed by atoms with Crippen LogP contribution in [0.15, 0.2) is 53.4 Å². The van der Waals surface area contributed by atoms with Gasteiger partial charge in [-0.1, -0.05) is 29.8 Å². The Kier molecular flexibility index (Phi) is 7.21. The number of carbonyl (C=O) groups excluding carboxylic acids is 1. The Labute approximate surface area is 196 Å². The Morgan fingerprint density at radius 3 is 2.15 bits per heavy atom. The summed E-state index contributed by atoms with van der Waals surface area (Å²) in [6, 6.07) is 14.9. The Morgan fingerprint density at radius 1 is 0.879 bits per heavy atom. The van der Waals surface area contributed by atoms with Gasteiger partial charge >= 0.3 is 0 Å². The molecule has 8 nitrogen and oxygen atoms in total. The number of hydrogen-bond donors (Lipinski definition) is 0. The summed E-state index contributed by atoms with van der Waals surface area (Å²) in [5, 5.41) is 0. The zero-order valence-corrected chi connectivity index (χ0v) is 20.1. The summed E-state index contributed by atoms with van der Waals surface area (Å²) >= 11 is 0. The fourth-order valence-corrected chi connectivity index (χ4v) is 5.79. The summed E-state index contributed by atoms with van der Waals surface area (Å²) in [5.74, 6) is 0.925. The summed E-state index contributed by atoms with van der Waals surface area (Å²) in [6.07, 6.45) is 0. The van der Waals surface area contributed by atoms with E-state index in [1.807, 2.05) is 25.1 Å². The van der Waals surface area contributed by atoms with Crippen LogP contribution in [0.25, 0.3) is 0 Å². The second-order valence-electron chi connectivity index (χ2n) is 8.53. The molecular formula is C24H32N4O4S. The number of aryl methyl sites for hydroxylation is 1. The molecule has 4 rings (SSSR count). The maximum atomic E-state index is 12.9. The van der Waals surface area contributed by atoms with Gasteiger partial charge < -0.3 is 14.5 Å². The van der Waals surface area contributed by atoms with E-state index in [4.69, 9.17) is 4.74 Å². The summed E-state index contributed by atoms with van der Waals surface area (Å²) in [4.78, 5) is 19.4. The third-order valence-corrected chi connectivity index (χ3v) is 8.32. The minimum atomic E-state index is -3.52. The van der Waals surface area contributed by atoms with Crippen LogP contribution in [-0.2, 0) is 14.8 Å². The lowest BCUT2D eigenvalue weighted by atomic mass is 10.2. The number of benzene rings is 2. The van der Waals surface area contributed by atoms with Crippen LogP contribution < -0.4 is 9.64 Å². The first-order chi connectivity index (χ1) is 15.9. The summed E-state index contributed by atoms with van der Waals surface area (Å²) in [6.45, 7) is 7.04. The van der Waals surface area contributed by atoms with E-state index in [0.29, 0.717) is 37.6 Å². The fourth-order valence-electron chi connectivity index (χ4n) is 4.37. The van der Waals surface area contributed by atoms with Gasteiger partial charge in [-0.15, -0.1) is 0 Å². The van der Waals surface area contributed by atoms with Gasteiger partial charge in [-0.3, -0.25) is 9.69 Å². The van der Waals surface area contributed by atoms with E-state index in [1.54, 1.807) is 36.3 Å². The van der Waals surface area contributed by atoms with E-state index < -0.39 is 10.0 Å². The number of nitrogens with zero attached hydrogens (tertiary/aromatic N) is 4. The number of para-hydroxylation sites is 2. The van der Waals surface area contributed by atoms with Crippen LogP contribution in [0, 0.1) is 6.92 Å². The molecule has 0 radical (unpaired) electrons. The average molecular weight is 473 g/mol. The lowest BCUT2D eigenvalue weighted by molar-refractivity contribution is -0.133. The van der Waals surface area contributed by atoms with Gasteiger partial charge in [0.25, 0.3) is 0 Å². The third-order valence-electron chi connectivity index (χ3n) is 6.41. The van der Waals surface area contributed by atoms with Crippen LogP contribution in [0.1, 0.15) is 5.56 Å². The molecule has 0 unspecified atom stereocenters. The van der Waals surface area contributed by atoms with E-state index in [0.717, 1.165) is 43.2 Å². The van der Waals surface area contributed by atoms with Crippen LogP contribution >= 0.6 is 0 Å². The van der Waals surface area contributed by atoms with Gasteiger partial charge in [-0.25, -0.2) is 8.42 Å². The number of rotatable bonds is 6. The smallest absolute Gasteiger partial charge is 0.243 e. The Balaban J connectivity index is 1.26. The zero-order valence-electron chi connectivity index (χ0n) is 19.3. The SMILES string of the molecule is COc1ccccc1N1CCN(CC(=O)N2CCN(S(=O)(=O)c3ccc(C)cc3)CC2)CC1. The number of amides is 1. The number of sulfonamides is 1. The van der Waals surface area contributed by atoms with Crippen molar-refractivity contribution >= 4 is 21.6 Å². The topological polar surface area (TPSA) is 73.4 Å². The molecule has 2 aliphatic heterocycles. The largest absolute Gasteiger partial charge is 0.495 e. The molecule has 0 saturated carbocycles. The summed E-state index contributed by atoms with van der Waals surface area (Å²) < 4.78 is 32.7. The highest BCUT2D eigenvalue weighted by atomic mass is 32.2. The van der Waals surface area contributed by atoms with Crippen molar-refractivity contribution in [2.24, 2.45) is 0 Å². The number of anilines is 1. The molecule has 9 heteroatoms. The molecule has 0 N–H and O–H groups in total. The molecule has 1 amide bonds. The van der Waals surface area contributed by atoms with Crippen molar-refractivity contribution in [3.05, 3.63) is 54.1 Å². The van der Waals surface area contributed by atoms with Crippen molar-refractivity contribution in [2.45, 2.75) is 11.8 Å². The lowest BCUT2D eigenvalue weighted by Gasteiger charge is -2.38. The maximum Gasteiger partial charge on any atom is 0.243 e. The zero-order chi connectivity index (χ0) is 23.4. The first-order valence-corrected chi connectivity index (χ1v) is 12.8. The van der Waals surface area contributed by atoms with Crippen molar-refractivity contribution in [3.63, 3.8) is 0 Å². The first kappa shape index (κ1) is 23.5. The molecule has 2 aromatic carbocycles. The molecule has 2 saturated heterocycles. The van der Waals surface area contributed by atoms with E-state index in [-0.39, 0.29) is 5.91 Å². The van der Waals surface area contributed by atoms with Gasteiger partial charge in [-0.2, -0.15) is 4.31 Å². The van der Waals surface area contributed by atoms with Crippen molar-refractivity contribution in [1.29, 1.82) is 0 Å².